The van der Waals surface area contributed by atoms with Crippen LogP contribution in [0.3, 0.4) is 0 Å². The molecule has 2 amide bonds. The number of amides is 2. The van der Waals surface area contributed by atoms with E-state index in [1.807, 2.05) is 0 Å². The average Bonchev–Trinajstić information content (AvgIpc) is 3.36. The molecule has 0 aliphatic carbocycles. The second-order valence-electron chi connectivity index (χ2n) is 6.46. The van der Waals surface area contributed by atoms with E-state index in [1.165, 1.54) is 35.6 Å². The molecule has 1 aromatic carbocycles. The van der Waals surface area contributed by atoms with Gasteiger partial charge >= 0.3 is 6.09 Å². The zero-order valence-electron chi connectivity index (χ0n) is 15.5. The first-order valence-electron chi connectivity index (χ1n) is 8.88. The largest absolute Gasteiger partial charge is 0.442 e. The van der Waals surface area contributed by atoms with Gasteiger partial charge in [0.25, 0.3) is 0 Å². The number of rotatable bonds is 5. The van der Waals surface area contributed by atoms with E-state index in [0.29, 0.717) is 29.6 Å². The Morgan fingerprint density at radius 1 is 1.41 bits per heavy atom. The molecule has 0 spiro atoms. The van der Waals surface area contributed by atoms with Gasteiger partial charge in [-0.05, 0) is 18.2 Å². The molecule has 1 atom stereocenters. The number of ether oxygens (including phenoxy) is 1. The molecule has 152 valence electrons. The zero-order chi connectivity index (χ0) is 20.4. The predicted octanol–water partition coefficient (Wildman–Crippen LogP) is 1.41. The van der Waals surface area contributed by atoms with Crippen molar-refractivity contribution >= 4 is 46.2 Å². The van der Waals surface area contributed by atoms with Crippen molar-refractivity contribution in [2.75, 3.05) is 41.0 Å². The lowest BCUT2D eigenvalue weighted by Gasteiger charge is -2.28. The zero-order valence-corrected chi connectivity index (χ0v) is 16.3. The fourth-order valence-corrected chi connectivity index (χ4v) is 3.59. The van der Waals surface area contributed by atoms with Crippen molar-refractivity contribution in [3.8, 4) is 0 Å². The highest BCUT2D eigenvalue weighted by Crippen LogP contribution is 2.28. The Bertz CT molecular complexity index is 939. The third-order valence-corrected chi connectivity index (χ3v) is 5.16. The lowest BCUT2D eigenvalue weighted by Crippen LogP contribution is -2.38. The Morgan fingerprint density at radius 2 is 2.28 bits per heavy atom. The summed E-state index contributed by atoms with van der Waals surface area (Å²) in [6, 6.07) is 4.56. The van der Waals surface area contributed by atoms with Gasteiger partial charge in [-0.3, -0.25) is 9.69 Å². The summed E-state index contributed by atoms with van der Waals surface area (Å²) >= 11 is 1.38. The van der Waals surface area contributed by atoms with E-state index in [1.54, 1.807) is 27.6 Å². The maximum Gasteiger partial charge on any atom is 0.414 e. The number of hydrogen-bond donors (Lipinski definition) is 1. The summed E-state index contributed by atoms with van der Waals surface area (Å²) in [5, 5.41) is 17.0. The summed E-state index contributed by atoms with van der Waals surface area (Å²) in [4.78, 5) is 26.2. The first-order chi connectivity index (χ1) is 14.0. The molecule has 4 rings (SSSR count). The van der Waals surface area contributed by atoms with Gasteiger partial charge in [0.2, 0.25) is 11.0 Å². The van der Waals surface area contributed by atoms with Crippen LogP contribution < -0.4 is 20.1 Å². The van der Waals surface area contributed by atoms with E-state index in [2.05, 4.69) is 20.6 Å². The molecule has 0 unspecified atom stereocenters. The highest BCUT2D eigenvalue weighted by molar-refractivity contribution is 7.13. The number of carbonyl (C=O) groups excluding carboxylic acids is 2. The van der Waals surface area contributed by atoms with Crippen LogP contribution in [0.15, 0.2) is 28.8 Å². The van der Waals surface area contributed by atoms with Gasteiger partial charge in [-0.1, -0.05) is 11.3 Å². The number of nitrogens with one attached hydrogen (secondary N) is 1. The van der Waals surface area contributed by atoms with Gasteiger partial charge in [0.05, 0.1) is 31.0 Å². The standard InChI is InChI=1S/C17H18FN7O3S/c1-11(26)19-7-13-8-24(17(27)28-13)12-2-3-15(14(18)6-12)23-4-5-25(21-9-23)16-22-20-10-29-16/h2-3,6,9-10,13H,4-5,7-8H2,1H3,(H,19,26)/t13-/m0/s1. The molecule has 0 radical (unpaired) electrons. The van der Waals surface area contributed by atoms with Crippen LogP contribution in [0, 0.1) is 5.82 Å². The minimum atomic E-state index is -0.570. The van der Waals surface area contributed by atoms with Crippen molar-refractivity contribution < 1.29 is 18.7 Å². The number of hydrogen-bond acceptors (Lipinski definition) is 9. The van der Waals surface area contributed by atoms with Gasteiger partial charge in [0, 0.05) is 13.5 Å². The topological polar surface area (TPSA) is 103 Å². The van der Waals surface area contributed by atoms with Gasteiger partial charge in [-0.2, -0.15) is 5.10 Å². The molecule has 0 saturated carbocycles. The third-order valence-electron chi connectivity index (χ3n) is 4.46. The van der Waals surface area contributed by atoms with Crippen molar-refractivity contribution in [1.82, 2.24) is 15.5 Å². The second-order valence-corrected chi connectivity index (χ2v) is 7.27. The highest BCUT2D eigenvalue weighted by Gasteiger charge is 2.33. The Labute approximate surface area is 169 Å². The molecule has 0 bridgehead atoms. The number of halogens is 1. The Kier molecular flexibility index (Phi) is 5.25. The number of hydrazone groups is 1. The molecule has 2 aliphatic heterocycles. The SMILES string of the molecule is CC(=O)NC[C@H]1CN(c2ccc(N3C=NN(c4nncs4)CC3)c(F)c2)C(=O)O1. The molecule has 1 N–H and O–H groups in total. The first-order valence-corrected chi connectivity index (χ1v) is 9.76. The van der Waals surface area contributed by atoms with Gasteiger partial charge in [0.1, 0.15) is 23.8 Å². The lowest BCUT2D eigenvalue weighted by atomic mass is 10.2. The van der Waals surface area contributed by atoms with E-state index in [9.17, 15) is 14.0 Å². The fourth-order valence-electron chi connectivity index (χ4n) is 3.04. The summed E-state index contributed by atoms with van der Waals surface area (Å²) in [5.41, 5.74) is 2.38. The van der Waals surface area contributed by atoms with Crippen LogP contribution in [0.1, 0.15) is 6.92 Å². The monoisotopic (exact) mass is 419 g/mol. The van der Waals surface area contributed by atoms with Crippen LogP contribution in [0.25, 0.3) is 0 Å². The average molecular weight is 419 g/mol. The number of nitrogens with zero attached hydrogens (tertiary/aromatic N) is 6. The van der Waals surface area contributed by atoms with E-state index >= 15 is 0 Å². The minimum Gasteiger partial charge on any atom is -0.442 e. The van der Waals surface area contributed by atoms with E-state index < -0.39 is 18.0 Å². The normalized spacial score (nSPS) is 18.9. The van der Waals surface area contributed by atoms with E-state index in [-0.39, 0.29) is 19.0 Å². The second kappa shape index (κ2) is 7.99. The summed E-state index contributed by atoms with van der Waals surface area (Å²) in [5.74, 6) is -0.681. The van der Waals surface area contributed by atoms with E-state index in [4.69, 9.17) is 4.74 Å². The summed E-state index contributed by atoms with van der Waals surface area (Å²) in [7, 11) is 0. The van der Waals surface area contributed by atoms with Gasteiger partial charge in [-0.15, -0.1) is 10.2 Å². The summed E-state index contributed by atoms with van der Waals surface area (Å²) < 4.78 is 20.0. The van der Waals surface area contributed by atoms with Crippen LogP contribution in [0.5, 0.6) is 0 Å². The maximum absolute atomic E-state index is 14.8. The Balaban J connectivity index is 1.44. The van der Waals surface area contributed by atoms with Crippen molar-refractivity contribution in [1.29, 1.82) is 0 Å². The Morgan fingerprint density at radius 3 is 2.93 bits per heavy atom. The van der Waals surface area contributed by atoms with Crippen LogP contribution in [-0.2, 0) is 9.53 Å². The molecule has 2 aliphatic rings. The minimum absolute atomic E-state index is 0.206. The van der Waals surface area contributed by atoms with Crippen molar-refractivity contribution in [3.05, 3.63) is 29.5 Å². The smallest absolute Gasteiger partial charge is 0.414 e. The van der Waals surface area contributed by atoms with Crippen LogP contribution in [0.2, 0.25) is 0 Å². The molecule has 12 heteroatoms. The third kappa shape index (κ3) is 4.11. The van der Waals surface area contributed by atoms with Crippen LogP contribution in [0.4, 0.5) is 25.7 Å². The molecular weight excluding hydrogens is 401 g/mol. The van der Waals surface area contributed by atoms with Crippen molar-refractivity contribution in [2.45, 2.75) is 13.0 Å². The van der Waals surface area contributed by atoms with Gasteiger partial charge < -0.3 is 15.0 Å². The summed E-state index contributed by atoms with van der Waals surface area (Å²) in [6.45, 7) is 2.90. The lowest BCUT2D eigenvalue weighted by molar-refractivity contribution is -0.119. The van der Waals surface area contributed by atoms with Gasteiger partial charge in [0.15, 0.2) is 0 Å². The number of anilines is 3. The van der Waals surface area contributed by atoms with Crippen molar-refractivity contribution in [2.24, 2.45) is 5.10 Å². The number of carbonyl (C=O) groups is 2. The molecule has 10 nitrogen and oxygen atoms in total. The molecule has 3 heterocycles. The fraction of sp³-hybridized carbons (Fsp3) is 0.353. The quantitative estimate of drug-likeness (QED) is 0.782. The Hall–Kier alpha value is -3.28. The van der Waals surface area contributed by atoms with Gasteiger partial charge in [-0.25, -0.2) is 14.2 Å². The molecule has 2 aromatic rings. The van der Waals surface area contributed by atoms with Crippen LogP contribution in [-0.4, -0.2) is 60.8 Å². The van der Waals surface area contributed by atoms with Crippen LogP contribution >= 0.6 is 11.3 Å². The molecule has 1 fully saturated rings. The molecular formula is C17H18FN7O3S. The highest BCUT2D eigenvalue weighted by atomic mass is 32.1. The first kappa shape index (κ1) is 19.1. The van der Waals surface area contributed by atoms with Crippen molar-refractivity contribution in [3.63, 3.8) is 0 Å². The molecule has 29 heavy (non-hydrogen) atoms. The maximum atomic E-state index is 14.8. The van der Waals surface area contributed by atoms with E-state index in [0.717, 1.165) is 0 Å². The molecule has 1 saturated heterocycles. The number of aromatic nitrogens is 2. The number of cyclic esters (lactones) is 1. The predicted molar refractivity (Wildman–Crippen MR) is 106 cm³/mol. The number of benzene rings is 1. The summed E-state index contributed by atoms with van der Waals surface area (Å²) in [6.07, 6.45) is 0.491. The molecule has 1 aromatic heterocycles.